The van der Waals surface area contributed by atoms with E-state index >= 15 is 0 Å². The number of hydrogen-bond donors (Lipinski definition) is 0. The van der Waals surface area contributed by atoms with Crippen molar-refractivity contribution in [3.8, 4) is 10.6 Å². The molecule has 1 fully saturated rings. The third-order valence-corrected chi connectivity index (χ3v) is 7.66. The molecule has 1 saturated heterocycles. The maximum atomic E-state index is 13.1. The number of aryl methyl sites for hydroxylation is 1. The summed E-state index contributed by atoms with van der Waals surface area (Å²) in [6.45, 7) is 8.21. The molecule has 7 nitrogen and oxygen atoms in total. The van der Waals surface area contributed by atoms with Crippen molar-refractivity contribution < 1.29 is 9.53 Å². The number of hydrogen-bond acceptors (Lipinski definition) is 6. The predicted octanol–water partition coefficient (Wildman–Crippen LogP) is 4.00. The van der Waals surface area contributed by atoms with Crippen molar-refractivity contribution in [3.05, 3.63) is 52.6 Å². The number of carbonyl (C=O) groups is 1. The van der Waals surface area contributed by atoms with Gasteiger partial charge in [-0.05, 0) is 57.7 Å². The second-order valence-electron chi connectivity index (χ2n) is 8.65. The molecule has 3 aromatic heterocycles. The number of fused-ring (bicyclic) bond motifs is 2. The van der Waals surface area contributed by atoms with Crippen molar-refractivity contribution in [2.24, 2.45) is 0 Å². The molecule has 0 aromatic carbocycles. The highest BCUT2D eigenvalue weighted by atomic mass is 32.1. The molecular formula is C23H27N5O2S. The van der Waals surface area contributed by atoms with Crippen LogP contribution < -0.4 is 0 Å². The van der Waals surface area contributed by atoms with Crippen LogP contribution in [0.1, 0.15) is 59.4 Å². The summed E-state index contributed by atoms with van der Waals surface area (Å²) >= 11 is 1.76. The zero-order valence-electron chi connectivity index (χ0n) is 18.2. The van der Waals surface area contributed by atoms with Crippen LogP contribution in [0.5, 0.6) is 0 Å². The first-order chi connectivity index (χ1) is 15.0. The quantitative estimate of drug-likeness (QED) is 0.619. The topological polar surface area (TPSA) is 73.1 Å². The van der Waals surface area contributed by atoms with E-state index in [1.54, 1.807) is 23.7 Å². The van der Waals surface area contributed by atoms with Crippen LogP contribution in [0.3, 0.4) is 0 Å². The van der Waals surface area contributed by atoms with Gasteiger partial charge in [-0.3, -0.25) is 19.4 Å². The average molecular weight is 438 g/mol. The Labute approximate surface area is 186 Å². The molecule has 0 atom stereocenters. The molecule has 2 aliphatic heterocycles. The molecule has 1 spiro atoms. The number of nitrogens with zero attached hydrogens (tertiary/aromatic N) is 5. The van der Waals surface area contributed by atoms with Gasteiger partial charge in [-0.2, -0.15) is 5.10 Å². The van der Waals surface area contributed by atoms with Gasteiger partial charge in [0.15, 0.2) is 5.69 Å². The fourth-order valence-electron chi connectivity index (χ4n) is 4.69. The van der Waals surface area contributed by atoms with E-state index in [0.717, 1.165) is 42.1 Å². The summed E-state index contributed by atoms with van der Waals surface area (Å²) in [7, 11) is 0. The van der Waals surface area contributed by atoms with Crippen molar-refractivity contribution >= 4 is 17.2 Å². The molecule has 8 heteroatoms. The fourth-order valence-corrected chi connectivity index (χ4v) is 6.07. The summed E-state index contributed by atoms with van der Waals surface area (Å²) in [6, 6.07) is 4.38. The van der Waals surface area contributed by atoms with Crippen LogP contribution in [0.2, 0.25) is 0 Å². The highest BCUT2D eigenvalue weighted by Gasteiger charge is 2.43. The van der Waals surface area contributed by atoms with Gasteiger partial charge in [0.2, 0.25) is 0 Å². The molecule has 0 radical (unpaired) electrons. The van der Waals surface area contributed by atoms with Gasteiger partial charge < -0.3 is 9.64 Å². The smallest absolute Gasteiger partial charge is 0.274 e. The van der Waals surface area contributed by atoms with Crippen molar-refractivity contribution in [1.82, 2.24) is 24.6 Å². The zero-order valence-corrected chi connectivity index (χ0v) is 19.0. The molecule has 0 N–H and O–H groups in total. The van der Waals surface area contributed by atoms with Crippen LogP contribution in [-0.4, -0.2) is 50.3 Å². The Morgan fingerprint density at radius 2 is 2.03 bits per heavy atom. The number of thiophene rings is 1. The van der Waals surface area contributed by atoms with Gasteiger partial charge in [0.25, 0.3) is 5.91 Å². The first-order valence-electron chi connectivity index (χ1n) is 10.9. The third kappa shape index (κ3) is 3.57. The Bertz CT molecular complexity index is 1100. The molecule has 0 bridgehead atoms. The number of piperidine rings is 1. The largest absolute Gasteiger partial charge is 0.369 e. The summed E-state index contributed by atoms with van der Waals surface area (Å²) < 4.78 is 8.30. The van der Waals surface area contributed by atoms with E-state index in [2.05, 4.69) is 35.0 Å². The summed E-state index contributed by atoms with van der Waals surface area (Å²) in [6.07, 6.45) is 7.76. The molecule has 5 rings (SSSR count). The summed E-state index contributed by atoms with van der Waals surface area (Å²) in [5.74, 6) is 0.0137. The van der Waals surface area contributed by atoms with Crippen LogP contribution in [-0.2, 0) is 16.8 Å². The number of carbonyl (C=O) groups excluding carboxylic acids is 1. The zero-order chi connectivity index (χ0) is 21.6. The van der Waals surface area contributed by atoms with E-state index in [9.17, 15) is 4.79 Å². The van der Waals surface area contributed by atoms with Gasteiger partial charge in [-0.25, -0.2) is 0 Å². The summed E-state index contributed by atoms with van der Waals surface area (Å²) in [5.41, 5.74) is 3.50. The molecule has 3 aromatic rings. The van der Waals surface area contributed by atoms with Crippen LogP contribution in [0.4, 0.5) is 0 Å². The Balaban J connectivity index is 1.35. The summed E-state index contributed by atoms with van der Waals surface area (Å²) in [4.78, 5) is 26.1. The lowest BCUT2D eigenvalue weighted by Crippen LogP contribution is -2.48. The van der Waals surface area contributed by atoms with Gasteiger partial charge in [-0.1, -0.05) is 0 Å². The molecule has 162 valence electrons. The van der Waals surface area contributed by atoms with Crippen LogP contribution >= 0.6 is 11.3 Å². The maximum absolute atomic E-state index is 13.1. The normalized spacial score (nSPS) is 17.9. The average Bonchev–Trinajstić information content (AvgIpc) is 3.39. The molecule has 0 aliphatic carbocycles. The SMILES string of the molecule is Cc1cc(C(=O)N2CCC3(CC2)OCCc2cc(-c4cnccn4)sc23)nn1C(C)C. The summed E-state index contributed by atoms with van der Waals surface area (Å²) in [5, 5.41) is 4.54. The number of likely N-dealkylation sites (tertiary alicyclic amines) is 1. The van der Waals surface area contributed by atoms with Gasteiger partial charge in [-0.15, -0.1) is 11.3 Å². The minimum atomic E-state index is -0.303. The lowest BCUT2D eigenvalue weighted by Gasteiger charge is -2.43. The molecular weight excluding hydrogens is 410 g/mol. The molecule has 2 aliphatic rings. The Kier molecular flexibility index (Phi) is 5.14. The Morgan fingerprint density at radius 1 is 1.23 bits per heavy atom. The number of aromatic nitrogens is 4. The lowest BCUT2D eigenvalue weighted by molar-refractivity contribution is -0.0906. The first-order valence-corrected chi connectivity index (χ1v) is 11.7. The standard InChI is InChI=1S/C23H27N5O2S/c1-15(2)28-16(3)12-18(26-28)22(29)27-9-5-23(6-10-27)21-17(4-11-30-23)13-20(31-21)19-14-24-7-8-25-19/h7-8,12-15H,4-6,9-11H2,1-3H3. The molecule has 5 heterocycles. The minimum absolute atomic E-state index is 0.0137. The van der Waals surface area contributed by atoms with Crippen LogP contribution in [0, 0.1) is 6.92 Å². The van der Waals surface area contributed by atoms with Crippen molar-refractivity contribution in [1.29, 1.82) is 0 Å². The third-order valence-electron chi connectivity index (χ3n) is 6.28. The highest BCUT2D eigenvalue weighted by molar-refractivity contribution is 7.15. The Morgan fingerprint density at radius 3 is 2.71 bits per heavy atom. The predicted molar refractivity (Wildman–Crippen MR) is 119 cm³/mol. The van der Waals surface area contributed by atoms with Crippen LogP contribution in [0.25, 0.3) is 10.6 Å². The van der Waals surface area contributed by atoms with Gasteiger partial charge in [0, 0.05) is 42.1 Å². The van der Waals surface area contributed by atoms with Crippen molar-refractivity contribution in [3.63, 3.8) is 0 Å². The van der Waals surface area contributed by atoms with E-state index in [1.807, 2.05) is 28.8 Å². The van der Waals surface area contributed by atoms with E-state index in [0.29, 0.717) is 18.8 Å². The second-order valence-corrected chi connectivity index (χ2v) is 9.70. The lowest BCUT2D eigenvalue weighted by atomic mass is 9.85. The monoisotopic (exact) mass is 437 g/mol. The second kappa shape index (κ2) is 7.84. The van der Waals surface area contributed by atoms with Gasteiger partial charge in [0.1, 0.15) is 5.60 Å². The van der Waals surface area contributed by atoms with Crippen molar-refractivity contribution in [2.75, 3.05) is 19.7 Å². The highest BCUT2D eigenvalue weighted by Crippen LogP contribution is 2.47. The molecule has 0 unspecified atom stereocenters. The van der Waals surface area contributed by atoms with Crippen molar-refractivity contribution in [2.45, 2.75) is 51.7 Å². The van der Waals surface area contributed by atoms with E-state index in [-0.39, 0.29) is 17.6 Å². The number of ether oxygens (including phenoxy) is 1. The van der Waals surface area contributed by atoms with Gasteiger partial charge in [0.05, 0.1) is 23.4 Å². The minimum Gasteiger partial charge on any atom is -0.369 e. The Hall–Kier alpha value is -2.58. The van der Waals surface area contributed by atoms with Crippen LogP contribution in [0.15, 0.2) is 30.7 Å². The molecule has 0 saturated carbocycles. The van der Waals surface area contributed by atoms with Gasteiger partial charge >= 0.3 is 0 Å². The number of rotatable bonds is 3. The maximum Gasteiger partial charge on any atom is 0.274 e. The fraction of sp³-hybridized carbons (Fsp3) is 0.478. The van der Waals surface area contributed by atoms with E-state index < -0.39 is 0 Å². The van der Waals surface area contributed by atoms with E-state index in [4.69, 9.17) is 4.74 Å². The first kappa shape index (κ1) is 20.3. The number of amides is 1. The molecule has 1 amide bonds. The molecule has 31 heavy (non-hydrogen) atoms. The van der Waals surface area contributed by atoms with E-state index in [1.165, 1.54) is 10.4 Å².